The van der Waals surface area contributed by atoms with E-state index < -0.39 is 0 Å². The summed E-state index contributed by atoms with van der Waals surface area (Å²) in [4.78, 5) is 17.7. The lowest BCUT2D eigenvalue weighted by molar-refractivity contribution is 0.370. The van der Waals surface area contributed by atoms with Gasteiger partial charge >= 0.3 is 0 Å². The molecule has 0 aliphatic carbocycles. The molecule has 4 heteroatoms. The molecule has 1 N–H and O–H groups in total. The molecular formula is C9H10N2O2. The van der Waals surface area contributed by atoms with Crippen molar-refractivity contribution in [3.63, 3.8) is 0 Å². The van der Waals surface area contributed by atoms with Gasteiger partial charge in [-0.15, -0.1) is 0 Å². The minimum Gasteiger partial charge on any atom is -0.496 e. The summed E-state index contributed by atoms with van der Waals surface area (Å²) in [5, 5.41) is 0. The molecule has 0 spiro atoms. The third-order valence-electron chi connectivity index (χ3n) is 1.60. The fourth-order valence-electron chi connectivity index (χ4n) is 0.940. The van der Waals surface area contributed by atoms with Crippen LogP contribution in [0.5, 0.6) is 0 Å². The molecule has 0 fully saturated rings. The lowest BCUT2D eigenvalue weighted by Gasteiger charge is -2.04. The summed E-state index contributed by atoms with van der Waals surface area (Å²) < 4.78 is 4.86. The van der Waals surface area contributed by atoms with Gasteiger partial charge in [0.25, 0.3) is 5.56 Å². The van der Waals surface area contributed by atoms with Crippen LogP contribution >= 0.6 is 0 Å². The summed E-state index contributed by atoms with van der Waals surface area (Å²) >= 11 is 0. The van der Waals surface area contributed by atoms with Crippen molar-refractivity contribution >= 4 is 11.8 Å². The highest BCUT2D eigenvalue weighted by Crippen LogP contribution is 2.11. The van der Waals surface area contributed by atoms with E-state index in [9.17, 15) is 4.79 Å². The zero-order chi connectivity index (χ0) is 9.84. The van der Waals surface area contributed by atoms with E-state index in [1.54, 1.807) is 0 Å². The van der Waals surface area contributed by atoms with E-state index in [1.807, 2.05) is 0 Å². The second kappa shape index (κ2) is 3.71. The molecule has 0 amide bonds. The number of nitrogens with zero attached hydrogens (tertiary/aromatic N) is 1. The van der Waals surface area contributed by atoms with Crippen LogP contribution in [0.15, 0.2) is 24.3 Å². The maximum absolute atomic E-state index is 11.3. The van der Waals surface area contributed by atoms with Crippen LogP contribution in [0, 0.1) is 0 Å². The smallest absolute Gasteiger partial charge is 0.262 e. The van der Waals surface area contributed by atoms with E-state index in [-0.39, 0.29) is 11.3 Å². The number of aromatic nitrogens is 2. The summed E-state index contributed by atoms with van der Waals surface area (Å²) in [5.74, 6) is 0.282. The van der Waals surface area contributed by atoms with Crippen molar-refractivity contribution in [3.05, 3.63) is 41.1 Å². The number of H-pyrrole nitrogens is 1. The third-order valence-corrected chi connectivity index (χ3v) is 1.60. The Morgan fingerprint density at radius 3 is 3.00 bits per heavy atom. The van der Waals surface area contributed by atoms with Gasteiger partial charge in [-0.1, -0.05) is 13.2 Å². The molecule has 1 rings (SSSR count). The van der Waals surface area contributed by atoms with Gasteiger partial charge in [0.1, 0.15) is 11.3 Å². The predicted molar refractivity (Wildman–Crippen MR) is 51.0 cm³/mol. The average Bonchev–Trinajstić information content (AvgIpc) is 2.16. The molecule has 0 bridgehead atoms. The molecule has 1 aromatic rings. The first-order valence-electron chi connectivity index (χ1n) is 3.64. The van der Waals surface area contributed by atoms with Crippen molar-refractivity contribution in [1.29, 1.82) is 0 Å². The van der Waals surface area contributed by atoms with Crippen molar-refractivity contribution in [2.24, 2.45) is 0 Å². The maximum atomic E-state index is 11.3. The molecule has 4 nitrogen and oxygen atoms in total. The van der Waals surface area contributed by atoms with Gasteiger partial charge < -0.3 is 9.72 Å². The second-order valence-corrected chi connectivity index (χ2v) is 2.32. The Hall–Kier alpha value is -1.84. The molecule has 0 radical (unpaired) electrons. The number of nitrogens with one attached hydrogen (secondary N) is 1. The minimum absolute atomic E-state index is 0.281. The minimum atomic E-state index is -0.281. The van der Waals surface area contributed by atoms with Gasteiger partial charge in [0, 0.05) is 0 Å². The predicted octanol–water partition coefficient (Wildman–Crippen LogP) is 1.03. The number of hydrogen-bond acceptors (Lipinski definition) is 3. The Labute approximate surface area is 75.6 Å². The topological polar surface area (TPSA) is 55.0 Å². The number of aromatic amines is 1. The van der Waals surface area contributed by atoms with Gasteiger partial charge in [0.2, 0.25) is 0 Å². The second-order valence-electron chi connectivity index (χ2n) is 2.32. The molecule has 68 valence electrons. The molecule has 0 saturated heterocycles. The van der Waals surface area contributed by atoms with E-state index >= 15 is 0 Å². The molecule has 1 heterocycles. The summed E-state index contributed by atoms with van der Waals surface area (Å²) in [6.07, 6.45) is 2.79. The van der Waals surface area contributed by atoms with Crippen LogP contribution in [-0.2, 0) is 4.74 Å². The standard InChI is InChI=1S/C9H10N2O2/c1-4-7-8(6(2)13-3)9(12)11-5-10-7/h4-5H,1-2H2,3H3,(H,10,11,12). The first kappa shape index (κ1) is 9.25. The zero-order valence-corrected chi connectivity index (χ0v) is 7.33. The molecule has 0 aliphatic heterocycles. The van der Waals surface area contributed by atoms with Gasteiger partial charge in [-0.3, -0.25) is 4.79 Å². The Balaban J connectivity index is 3.39. The molecule has 0 saturated carbocycles. The summed E-state index contributed by atoms with van der Waals surface area (Å²) in [6.45, 7) is 7.12. The Morgan fingerprint density at radius 1 is 1.77 bits per heavy atom. The number of rotatable bonds is 3. The van der Waals surface area contributed by atoms with Crippen molar-refractivity contribution in [2.75, 3.05) is 7.11 Å². The lowest BCUT2D eigenvalue weighted by atomic mass is 10.2. The molecule has 0 aromatic carbocycles. The highest BCUT2D eigenvalue weighted by atomic mass is 16.5. The van der Waals surface area contributed by atoms with Crippen molar-refractivity contribution < 1.29 is 4.74 Å². The SMILES string of the molecule is C=Cc1nc[nH]c(=O)c1C(=C)OC. The monoisotopic (exact) mass is 178 g/mol. The molecule has 13 heavy (non-hydrogen) atoms. The van der Waals surface area contributed by atoms with Gasteiger partial charge in [-0.25, -0.2) is 4.98 Å². The molecular weight excluding hydrogens is 168 g/mol. The molecule has 1 aromatic heterocycles. The number of ether oxygens (including phenoxy) is 1. The fraction of sp³-hybridized carbons (Fsp3) is 0.111. The maximum Gasteiger partial charge on any atom is 0.262 e. The normalized spacial score (nSPS) is 9.31. The van der Waals surface area contributed by atoms with Crippen LogP contribution < -0.4 is 5.56 Å². The fourth-order valence-corrected chi connectivity index (χ4v) is 0.940. The third kappa shape index (κ3) is 1.66. The first-order chi connectivity index (χ1) is 6.20. The number of methoxy groups -OCH3 is 1. The van der Waals surface area contributed by atoms with Crippen molar-refractivity contribution in [2.45, 2.75) is 0 Å². The summed E-state index contributed by atoms with van der Waals surface area (Å²) in [6, 6.07) is 0. The first-order valence-corrected chi connectivity index (χ1v) is 3.64. The lowest BCUT2D eigenvalue weighted by Crippen LogP contribution is -2.14. The Bertz CT molecular complexity index is 393. The zero-order valence-electron chi connectivity index (χ0n) is 7.33. The van der Waals surface area contributed by atoms with Crippen molar-refractivity contribution in [1.82, 2.24) is 9.97 Å². The van der Waals surface area contributed by atoms with Crippen LogP contribution in [0.2, 0.25) is 0 Å². The Morgan fingerprint density at radius 2 is 2.46 bits per heavy atom. The van der Waals surface area contributed by atoms with E-state index in [2.05, 4.69) is 23.1 Å². The largest absolute Gasteiger partial charge is 0.496 e. The average molecular weight is 178 g/mol. The van der Waals surface area contributed by atoms with Crippen LogP contribution in [0.3, 0.4) is 0 Å². The van der Waals surface area contributed by atoms with E-state index in [0.29, 0.717) is 11.3 Å². The van der Waals surface area contributed by atoms with Crippen LogP contribution in [0.25, 0.3) is 11.8 Å². The summed E-state index contributed by atoms with van der Waals surface area (Å²) in [7, 11) is 1.45. The molecule has 0 atom stereocenters. The van der Waals surface area contributed by atoms with Gasteiger partial charge in [-0.2, -0.15) is 0 Å². The van der Waals surface area contributed by atoms with Crippen LogP contribution in [0.1, 0.15) is 11.3 Å². The van der Waals surface area contributed by atoms with E-state index in [0.717, 1.165) is 0 Å². The number of hydrogen-bond donors (Lipinski definition) is 1. The highest BCUT2D eigenvalue weighted by molar-refractivity contribution is 5.65. The van der Waals surface area contributed by atoms with Crippen molar-refractivity contribution in [3.8, 4) is 0 Å². The summed E-state index contributed by atoms with van der Waals surface area (Å²) in [5.41, 5.74) is 0.507. The molecule has 0 unspecified atom stereocenters. The van der Waals surface area contributed by atoms with Crippen LogP contribution in [-0.4, -0.2) is 17.1 Å². The highest BCUT2D eigenvalue weighted by Gasteiger charge is 2.09. The molecule has 0 aliphatic rings. The van der Waals surface area contributed by atoms with Gasteiger partial charge in [0.05, 0.1) is 19.1 Å². The van der Waals surface area contributed by atoms with E-state index in [1.165, 1.54) is 19.5 Å². The van der Waals surface area contributed by atoms with Gasteiger partial charge in [0.15, 0.2) is 0 Å². The van der Waals surface area contributed by atoms with Gasteiger partial charge in [-0.05, 0) is 6.08 Å². The quantitative estimate of drug-likeness (QED) is 0.703. The Kier molecular flexibility index (Phi) is 2.64. The van der Waals surface area contributed by atoms with E-state index in [4.69, 9.17) is 4.74 Å². The van der Waals surface area contributed by atoms with Crippen LogP contribution in [0.4, 0.5) is 0 Å².